The highest BCUT2D eigenvalue weighted by Crippen LogP contribution is 2.38. The zero-order valence-electron chi connectivity index (χ0n) is 14.6. The van der Waals surface area contributed by atoms with Gasteiger partial charge in [0.05, 0.1) is 17.0 Å². The second-order valence-corrected chi connectivity index (χ2v) is 5.50. The number of hydrogen-bond donors (Lipinski definition) is 0. The summed E-state index contributed by atoms with van der Waals surface area (Å²) in [6.45, 7) is 0. The van der Waals surface area contributed by atoms with Crippen LogP contribution in [-0.2, 0) is 0 Å². The van der Waals surface area contributed by atoms with E-state index in [9.17, 15) is 20.2 Å². The van der Waals surface area contributed by atoms with Crippen LogP contribution in [0.2, 0.25) is 0 Å². The summed E-state index contributed by atoms with van der Waals surface area (Å²) in [7, 11) is 1.43. The van der Waals surface area contributed by atoms with Crippen LogP contribution in [0.1, 0.15) is 0 Å². The highest BCUT2D eigenvalue weighted by atomic mass is 16.6. The van der Waals surface area contributed by atoms with E-state index in [0.29, 0.717) is 5.75 Å². The SMILES string of the molecule is COc1cc(Oc2ccccc2[N+](=O)[O-])cc(Oc2ccccc2[N+](=O)[O-])c1. The smallest absolute Gasteiger partial charge is 0.311 e. The van der Waals surface area contributed by atoms with E-state index in [1.54, 1.807) is 12.1 Å². The van der Waals surface area contributed by atoms with Crippen molar-refractivity contribution in [3.63, 3.8) is 0 Å². The quantitative estimate of drug-likeness (QED) is 0.412. The first-order valence-electron chi connectivity index (χ1n) is 7.99. The Morgan fingerprint density at radius 2 is 1.07 bits per heavy atom. The molecule has 0 aliphatic heterocycles. The van der Waals surface area contributed by atoms with Crippen LogP contribution in [-0.4, -0.2) is 17.0 Å². The third-order valence-corrected chi connectivity index (χ3v) is 3.67. The van der Waals surface area contributed by atoms with Crippen molar-refractivity contribution in [2.24, 2.45) is 0 Å². The van der Waals surface area contributed by atoms with E-state index in [0.717, 1.165) is 0 Å². The van der Waals surface area contributed by atoms with E-state index in [1.165, 1.54) is 61.7 Å². The van der Waals surface area contributed by atoms with Crippen molar-refractivity contribution in [3.8, 4) is 28.7 Å². The highest BCUT2D eigenvalue weighted by molar-refractivity contribution is 5.52. The van der Waals surface area contributed by atoms with Gasteiger partial charge in [-0.15, -0.1) is 0 Å². The van der Waals surface area contributed by atoms with Crippen LogP contribution in [0, 0.1) is 20.2 Å². The van der Waals surface area contributed by atoms with Crippen molar-refractivity contribution >= 4 is 11.4 Å². The highest BCUT2D eigenvalue weighted by Gasteiger charge is 2.18. The molecule has 9 nitrogen and oxygen atoms in total. The van der Waals surface area contributed by atoms with Gasteiger partial charge >= 0.3 is 11.4 Å². The Hall–Kier alpha value is -4.14. The van der Waals surface area contributed by atoms with E-state index in [1.807, 2.05) is 0 Å². The average molecular weight is 382 g/mol. The van der Waals surface area contributed by atoms with E-state index < -0.39 is 9.85 Å². The number of ether oxygens (including phenoxy) is 3. The van der Waals surface area contributed by atoms with Crippen LogP contribution in [0.3, 0.4) is 0 Å². The Balaban J connectivity index is 1.96. The number of nitro groups is 2. The summed E-state index contributed by atoms with van der Waals surface area (Å²) < 4.78 is 16.5. The first kappa shape index (κ1) is 18.6. The van der Waals surface area contributed by atoms with Gasteiger partial charge in [-0.3, -0.25) is 20.2 Å². The molecular formula is C19H14N2O7. The van der Waals surface area contributed by atoms with Crippen LogP contribution in [0.15, 0.2) is 66.7 Å². The van der Waals surface area contributed by atoms with Gasteiger partial charge in [0, 0.05) is 30.3 Å². The molecule has 3 rings (SSSR count). The van der Waals surface area contributed by atoms with Crippen molar-refractivity contribution < 1.29 is 24.1 Å². The fourth-order valence-corrected chi connectivity index (χ4v) is 2.42. The Bertz CT molecular complexity index is 959. The van der Waals surface area contributed by atoms with E-state index >= 15 is 0 Å². The second kappa shape index (κ2) is 8.04. The maximum absolute atomic E-state index is 11.2. The van der Waals surface area contributed by atoms with E-state index in [4.69, 9.17) is 14.2 Å². The first-order valence-corrected chi connectivity index (χ1v) is 7.99. The molecule has 0 radical (unpaired) electrons. The Morgan fingerprint density at radius 3 is 1.46 bits per heavy atom. The molecule has 142 valence electrons. The van der Waals surface area contributed by atoms with Crippen LogP contribution >= 0.6 is 0 Å². The van der Waals surface area contributed by atoms with Crippen LogP contribution < -0.4 is 14.2 Å². The third-order valence-electron chi connectivity index (χ3n) is 3.67. The minimum absolute atomic E-state index is 0.0393. The summed E-state index contributed by atoms with van der Waals surface area (Å²) in [6, 6.07) is 16.3. The number of para-hydroxylation sites is 4. The van der Waals surface area contributed by atoms with Crippen LogP contribution in [0.25, 0.3) is 0 Å². The summed E-state index contributed by atoms with van der Waals surface area (Å²) >= 11 is 0. The maximum atomic E-state index is 11.2. The monoisotopic (exact) mass is 382 g/mol. The number of methoxy groups -OCH3 is 1. The molecule has 0 saturated carbocycles. The molecule has 0 aromatic heterocycles. The van der Waals surface area contributed by atoms with Gasteiger partial charge in [-0.2, -0.15) is 0 Å². The lowest BCUT2D eigenvalue weighted by atomic mass is 10.2. The van der Waals surface area contributed by atoms with E-state index in [-0.39, 0.29) is 34.4 Å². The third kappa shape index (κ3) is 4.15. The summed E-state index contributed by atoms with van der Waals surface area (Å²) in [5.41, 5.74) is -0.405. The molecule has 0 aliphatic rings. The van der Waals surface area contributed by atoms with Gasteiger partial charge in [-0.25, -0.2) is 0 Å². The zero-order valence-corrected chi connectivity index (χ0v) is 14.6. The Morgan fingerprint density at radius 1 is 0.679 bits per heavy atom. The molecule has 0 amide bonds. The Kier molecular flexibility index (Phi) is 5.35. The summed E-state index contributed by atoms with van der Waals surface area (Å²) in [4.78, 5) is 21.2. The zero-order chi connectivity index (χ0) is 20.1. The molecule has 0 saturated heterocycles. The molecule has 3 aromatic rings. The molecule has 28 heavy (non-hydrogen) atoms. The minimum Gasteiger partial charge on any atom is -0.496 e. The van der Waals surface area contributed by atoms with Crippen molar-refractivity contribution in [1.29, 1.82) is 0 Å². The molecule has 0 N–H and O–H groups in total. The first-order chi connectivity index (χ1) is 13.5. The van der Waals surface area contributed by atoms with Gasteiger partial charge in [-0.1, -0.05) is 24.3 Å². The van der Waals surface area contributed by atoms with Gasteiger partial charge in [0.1, 0.15) is 17.2 Å². The lowest BCUT2D eigenvalue weighted by Crippen LogP contribution is -1.95. The lowest BCUT2D eigenvalue weighted by molar-refractivity contribution is -0.385. The summed E-state index contributed by atoms with van der Waals surface area (Å²) in [5.74, 6) is 0.851. The molecule has 9 heteroatoms. The summed E-state index contributed by atoms with van der Waals surface area (Å²) in [6.07, 6.45) is 0. The molecule has 0 unspecified atom stereocenters. The van der Waals surface area contributed by atoms with Gasteiger partial charge in [0.2, 0.25) is 11.5 Å². The number of nitro benzene ring substituents is 2. The molecule has 0 heterocycles. The number of benzene rings is 3. The molecule has 0 aliphatic carbocycles. The standard InChI is InChI=1S/C19H14N2O7/c1-26-13-10-14(27-18-8-4-2-6-16(18)20(22)23)12-15(11-13)28-19-9-5-3-7-17(19)21(24)25/h2-12H,1H3. The second-order valence-electron chi connectivity index (χ2n) is 5.50. The number of nitrogens with zero attached hydrogens (tertiary/aromatic N) is 2. The van der Waals surface area contributed by atoms with Crippen molar-refractivity contribution in [1.82, 2.24) is 0 Å². The minimum atomic E-state index is -0.555. The van der Waals surface area contributed by atoms with Crippen LogP contribution in [0.5, 0.6) is 28.7 Å². The maximum Gasteiger partial charge on any atom is 0.311 e. The average Bonchev–Trinajstić information content (AvgIpc) is 2.68. The predicted molar refractivity (Wildman–Crippen MR) is 99.3 cm³/mol. The molecule has 3 aromatic carbocycles. The number of rotatable bonds is 7. The topological polar surface area (TPSA) is 114 Å². The molecule has 0 fully saturated rings. The van der Waals surface area contributed by atoms with Crippen LogP contribution in [0.4, 0.5) is 11.4 Å². The largest absolute Gasteiger partial charge is 0.496 e. The fourth-order valence-electron chi connectivity index (χ4n) is 2.42. The molecular weight excluding hydrogens is 368 g/mol. The Labute approximate surface area is 159 Å². The van der Waals surface area contributed by atoms with E-state index in [2.05, 4.69) is 0 Å². The van der Waals surface area contributed by atoms with Gasteiger partial charge < -0.3 is 14.2 Å². The van der Waals surface area contributed by atoms with Crippen molar-refractivity contribution in [2.45, 2.75) is 0 Å². The van der Waals surface area contributed by atoms with Gasteiger partial charge in [0.15, 0.2) is 0 Å². The summed E-state index contributed by atoms with van der Waals surface area (Å²) in [5, 5.41) is 22.3. The molecule has 0 bridgehead atoms. The van der Waals surface area contributed by atoms with Gasteiger partial charge in [-0.05, 0) is 12.1 Å². The van der Waals surface area contributed by atoms with Crippen molar-refractivity contribution in [3.05, 3.63) is 87.0 Å². The molecule has 0 spiro atoms. The fraction of sp³-hybridized carbons (Fsp3) is 0.0526. The van der Waals surface area contributed by atoms with Crippen molar-refractivity contribution in [2.75, 3.05) is 7.11 Å². The van der Waals surface area contributed by atoms with Gasteiger partial charge in [0.25, 0.3) is 0 Å². The lowest BCUT2D eigenvalue weighted by Gasteiger charge is -2.11. The predicted octanol–water partition coefficient (Wildman–Crippen LogP) is 5.10. The molecule has 0 atom stereocenters. The number of hydrogen-bond acceptors (Lipinski definition) is 7. The normalized spacial score (nSPS) is 10.2.